The minimum atomic E-state index is -0.487. The van der Waals surface area contributed by atoms with Gasteiger partial charge in [-0.3, -0.25) is 0 Å². The van der Waals surface area contributed by atoms with Crippen molar-refractivity contribution in [1.29, 1.82) is 0 Å². The maximum absolute atomic E-state index is 11.4. The molecule has 1 amide bonds. The highest BCUT2D eigenvalue weighted by Crippen LogP contribution is 2.34. The van der Waals surface area contributed by atoms with Crippen molar-refractivity contribution in [2.45, 2.75) is 0 Å². The molecule has 0 aromatic heterocycles. The normalized spacial score (nSPS) is 12.3. The molecule has 2 N–H and O–H groups in total. The summed E-state index contributed by atoms with van der Waals surface area (Å²) in [5, 5.41) is 5.52. The predicted molar refractivity (Wildman–Crippen MR) is 60.5 cm³/mol. The molecule has 0 saturated carbocycles. The summed E-state index contributed by atoms with van der Waals surface area (Å²) in [6.45, 7) is 1.41. The van der Waals surface area contributed by atoms with E-state index in [1.165, 1.54) is 0 Å². The van der Waals surface area contributed by atoms with Crippen LogP contribution in [-0.4, -0.2) is 33.0 Å². The first kappa shape index (κ1) is 11.5. The predicted octanol–water partition coefficient (Wildman–Crippen LogP) is 0.723. The van der Waals surface area contributed by atoms with Crippen LogP contribution >= 0.6 is 0 Å². The second kappa shape index (κ2) is 5.40. The fourth-order valence-corrected chi connectivity index (χ4v) is 1.37. The molecule has 92 valence electrons. The fourth-order valence-electron chi connectivity index (χ4n) is 1.37. The van der Waals surface area contributed by atoms with Crippen LogP contribution in [0.4, 0.5) is 4.79 Å². The quantitative estimate of drug-likeness (QED) is 0.756. The van der Waals surface area contributed by atoms with E-state index in [1.54, 1.807) is 18.2 Å². The maximum Gasteiger partial charge on any atom is 0.412 e. The van der Waals surface area contributed by atoms with Crippen LogP contribution < -0.4 is 24.8 Å². The minimum absolute atomic E-state index is 0.202. The summed E-state index contributed by atoms with van der Waals surface area (Å²) in [6, 6.07) is 4.99. The van der Waals surface area contributed by atoms with Crippen LogP contribution in [0.25, 0.3) is 0 Å². The molecule has 0 radical (unpaired) electrons. The Kier molecular flexibility index (Phi) is 3.66. The number of benzene rings is 1. The lowest BCUT2D eigenvalue weighted by Crippen LogP contribution is -2.32. The Bertz CT molecular complexity index is 408. The number of likely N-dealkylation sites (N-methyl/N-ethyl adjacent to an activating group) is 1. The van der Waals surface area contributed by atoms with Crippen LogP contribution in [-0.2, 0) is 0 Å². The summed E-state index contributed by atoms with van der Waals surface area (Å²) >= 11 is 0. The zero-order valence-electron chi connectivity index (χ0n) is 9.49. The molecule has 0 fully saturated rings. The average molecular weight is 238 g/mol. The third kappa shape index (κ3) is 3.01. The standard InChI is InChI=1S/C11H14N2O4/c1-12-4-5-13-11(14)17-8-2-3-9-10(6-8)16-7-15-9/h2-3,6,12H,4-5,7H2,1H3,(H,13,14). The molecule has 2 rings (SSSR count). The van der Waals surface area contributed by atoms with E-state index in [1.807, 2.05) is 7.05 Å². The number of nitrogens with one attached hydrogen (secondary N) is 2. The van der Waals surface area contributed by atoms with Crippen molar-refractivity contribution in [3.8, 4) is 17.2 Å². The van der Waals surface area contributed by atoms with Crippen LogP contribution in [0.2, 0.25) is 0 Å². The number of ether oxygens (including phenoxy) is 3. The van der Waals surface area contributed by atoms with Gasteiger partial charge >= 0.3 is 6.09 Å². The van der Waals surface area contributed by atoms with E-state index >= 15 is 0 Å². The molecule has 17 heavy (non-hydrogen) atoms. The summed E-state index contributed by atoms with van der Waals surface area (Å²) in [6.07, 6.45) is -0.487. The molecule has 0 aliphatic carbocycles. The molecule has 1 aromatic carbocycles. The Labute approximate surface area is 98.9 Å². The summed E-state index contributed by atoms with van der Waals surface area (Å²) < 4.78 is 15.4. The van der Waals surface area contributed by atoms with Gasteiger partial charge in [-0.25, -0.2) is 4.79 Å². The highest BCUT2D eigenvalue weighted by molar-refractivity contribution is 5.70. The van der Waals surface area contributed by atoms with E-state index in [9.17, 15) is 4.79 Å². The van der Waals surface area contributed by atoms with Gasteiger partial charge in [-0.15, -0.1) is 0 Å². The number of amides is 1. The average Bonchev–Trinajstić information content (AvgIpc) is 2.76. The first-order valence-corrected chi connectivity index (χ1v) is 5.29. The second-order valence-corrected chi connectivity index (χ2v) is 3.43. The van der Waals surface area contributed by atoms with Gasteiger partial charge in [-0.05, 0) is 19.2 Å². The van der Waals surface area contributed by atoms with Gasteiger partial charge in [0.25, 0.3) is 0 Å². The van der Waals surface area contributed by atoms with Crippen LogP contribution in [0.3, 0.4) is 0 Å². The van der Waals surface area contributed by atoms with Gasteiger partial charge < -0.3 is 24.8 Å². The lowest BCUT2D eigenvalue weighted by atomic mass is 10.3. The largest absolute Gasteiger partial charge is 0.454 e. The molecule has 1 heterocycles. The molecular formula is C11H14N2O4. The van der Waals surface area contributed by atoms with Crippen LogP contribution in [0, 0.1) is 0 Å². The van der Waals surface area contributed by atoms with Crippen LogP contribution in [0.15, 0.2) is 18.2 Å². The molecular weight excluding hydrogens is 224 g/mol. The first-order valence-electron chi connectivity index (χ1n) is 5.29. The smallest absolute Gasteiger partial charge is 0.412 e. The van der Waals surface area contributed by atoms with Crippen molar-refractivity contribution in [2.24, 2.45) is 0 Å². The van der Waals surface area contributed by atoms with Crippen molar-refractivity contribution in [2.75, 3.05) is 26.9 Å². The van der Waals surface area contributed by atoms with Crippen LogP contribution in [0.5, 0.6) is 17.2 Å². The zero-order chi connectivity index (χ0) is 12.1. The van der Waals surface area contributed by atoms with Gasteiger partial charge in [-0.2, -0.15) is 0 Å². The molecule has 6 nitrogen and oxygen atoms in total. The van der Waals surface area contributed by atoms with Crippen molar-refractivity contribution in [3.63, 3.8) is 0 Å². The van der Waals surface area contributed by atoms with E-state index in [-0.39, 0.29) is 6.79 Å². The van der Waals surface area contributed by atoms with E-state index < -0.39 is 6.09 Å². The molecule has 6 heteroatoms. The SMILES string of the molecule is CNCCNC(=O)Oc1ccc2c(c1)OCO2. The van der Waals surface area contributed by atoms with E-state index in [0.717, 1.165) is 0 Å². The zero-order valence-corrected chi connectivity index (χ0v) is 9.49. The summed E-state index contributed by atoms with van der Waals surface area (Å²) in [5.74, 6) is 1.68. The number of carbonyl (C=O) groups is 1. The number of hydrogen-bond acceptors (Lipinski definition) is 5. The number of hydrogen-bond donors (Lipinski definition) is 2. The van der Waals surface area contributed by atoms with Crippen molar-refractivity contribution < 1.29 is 19.0 Å². The maximum atomic E-state index is 11.4. The Morgan fingerprint density at radius 3 is 3.00 bits per heavy atom. The van der Waals surface area contributed by atoms with Gasteiger partial charge in [0, 0.05) is 19.2 Å². The van der Waals surface area contributed by atoms with Gasteiger partial charge in [0.15, 0.2) is 11.5 Å². The molecule has 0 unspecified atom stereocenters. The topological polar surface area (TPSA) is 68.8 Å². The Hall–Kier alpha value is -1.95. The minimum Gasteiger partial charge on any atom is -0.454 e. The molecule has 0 atom stereocenters. The van der Waals surface area contributed by atoms with Gasteiger partial charge in [0.2, 0.25) is 6.79 Å². The van der Waals surface area contributed by atoms with Crippen molar-refractivity contribution in [1.82, 2.24) is 10.6 Å². The van der Waals surface area contributed by atoms with Crippen molar-refractivity contribution >= 4 is 6.09 Å². The lowest BCUT2D eigenvalue weighted by Gasteiger charge is -2.06. The third-order valence-electron chi connectivity index (χ3n) is 2.20. The summed E-state index contributed by atoms with van der Waals surface area (Å²) in [7, 11) is 1.81. The third-order valence-corrected chi connectivity index (χ3v) is 2.20. The molecule has 1 aromatic rings. The highest BCUT2D eigenvalue weighted by atomic mass is 16.7. The van der Waals surface area contributed by atoms with Crippen LogP contribution in [0.1, 0.15) is 0 Å². The molecule has 0 bridgehead atoms. The van der Waals surface area contributed by atoms with E-state index in [0.29, 0.717) is 30.3 Å². The van der Waals surface area contributed by atoms with Gasteiger partial charge in [0.05, 0.1) is 0 Å². The van der Waals surface area contributed by atoms with E-state index in [2.05, 4.69) is 10.6 Å². The monoisotopic (exact) mass is 238 g/mol. The van der Waals surface area contributed by atoms with Gasteiger partial charge in [-0.1, -0.05) is 0 Å². The number of rotatable bonds is 4. The Morgan fingerprint density at radius 2 is 2.18 bits per heavy atom. The molecule has 1 aliphatic rings. The number of carbonyl (C=O) groups excluding carboxylic acids is 1. The fraction of sp³-hybridized carbons (Fsp3) is 0.364. The first-order chi connectivity index (χ1) is 8.29. The highest BCUT2D eigenvalue weighted by Gasteiger charge is 2.14. The second-order valence-electron chi connectivity index (χ2n) is 3.43. The molecule has 1 aliphatic heterocycles. The lowest BCUT2D eigenvalue weighted by molar-refractivity contribution is 0.173. The van der Waals surface area contributed by atoms with Gasteiger partial charge in [0.1, 0.15) is 5.75 Å². The Morgan fingerprint density at radius 1 is 1.35 bits per heavy atom. The summed E-state index contributed by atoms with van der Waals surface area (Å²) in [5.41, 5.74) is 0. The van der Waals surface area contributed by atoms with E-state index in [4.69, 9.17) is 14.2 Å². The Balaban J connectivity index is 1.88. The molecule has 0 saturated heterocycles. The molecule has 0 spiro atoms. The number of fused-ring (bicyclic) bond motifs is 1. The van der Waals surface area contributed by atoms with Crippen molar-refractivity contribution in [3.05, 3.63) is 18.2 Å². The summed E-state index contributed by atoms with van der Waals surface area (Å²) in [4.78, 5) is 11.4.